The molecule has 2 aliphatic heterocycles. The zero-order chi connectivity index (χ0) is 40.8. The molecule has 6 aliphatic rings. The molecule has 13 nitrogen and oxygen atoms in total. The van der Waals surface area contributed by atoms with Gasteiger partial charge in [-0.3, -0.25) is 0 Å². The number of rotatable bonds is 9. The van der Waals surface area contributed by atoms with Crippen LogP contribution in [0.5, 0.6) is 0 Å². The predicted octanol–water partition coefficient (Wildman–Crippen LogP) is 2.15. The quantitative estimate of drug-likeness (QED) is 0.153. The molecule has 4 aliphatic carbocycles. The second kappa shape index (κ2) is 15.4. The van der Waals surface area contributed by atoms with E-state index >= 15 is 0 Å². The van der Waals surface area contributed by atoms with Crippen LogP contribution in [0.1, 0.15) is 114 Å². The Morgan fingerprint density at radius 3 is 2.05 bits per heavy atom. The Morgan fingerprint density at radius 1 is 0.782 bits per heavy atom. The van der Waals surface area contributed by atoms with Crippen LogP contribution in [0.4, 0.5) is 0 Å². The molecule has 2 saturated heterocycles. The number of aliphatic hydroxyl groups excluding tert-OH is 9. The highest BCUT2D eigenvalue weighted by Gasteiger charge is 2.72. The van der Waals surface area contributed by atoms with Gasteiger partial charge in [0.2, 0.25) is 0 Å². The number of aliphatic hydroxyl groups is 9. The Kier molecular flexibility index (Phi) is 12.2. The lowest BCUT2D eigenvalue weighted by atomic mass is 9.35. The average Bonchev–Trinajstić information content (AvgIpc) is 3.49. The molecule has 0 bridgehead atoms. The van der Waals surface area contributed by atoms with E-state index in [0.29, 0.717) is 25.7 Å². The van der Waals surface area contributed by atoms with Gasteiger partial charge in [-0.05, 0) is 124 Å². The van der Waals surface area contributed by atoms with E-state index in [9.17, 15) is 46.0 Å². The lowest BCUT2D eigenvalue weighted by Gasteiger charge is -2.71. The van der Waals surface area contributed by atoms with Gasteiger partial charge in [-0.2, -0.15) is 0 Å². The normalized spacial score (nSPS) is 53.4. The first kappa shape index (κ1) is 43.8. The van der Waals surface area contributed by atoms with E-state index in [0.717, 1.165) is 31.3 Å². The molecule has 21 unspecified atom stereocenters. The van der Waals surface area contributed by atoms with Crippen molar-refractivity contribution in [3.63, 3.8) is 0 Å². The van der Waals surface area contributed by atoms with Crippen LogP contribution in [0.15, 0.2) is 11.6 Å². The zero-order valence-corrected chi connectivity index (χ0v) is 34.4. The highest BCUT2D eigenvalue weighted by molar-refractivity contribution is 5.21. The average molecular weight is 785 g/mol. The predicted molar refractivity (Wildman–Crippen MR) is 201 cm³/mol. The lowest BCUT2D eigenvalue weighted by molar-refractivity contribution is -0.370. The van der Waals surface area contributed by atoms with E-state index in [-0.39, 0.29) is 39.9 Å². The molecule has 21 atom stereocenters. The van der Waals surface area contributed by atoms with Gasteiger partial charge in [0.1, 0.15) is 42.7 Å². The van der Waals surface area contributed by atoms with Crippen molar-refractivity contribution in [1.82, 2.24) is 0 Å². The summed E-state index contributed by atoms with van der Waals surface area (Å²) in [4.78, 5) is 0. The highest BCUT2D eigenvalue weighted by Crippen LogP contribution is 2.76. The third-order valence-electron chi connectivity index (χ3n) is 16.6. The van der Waals surface area contributed by atoms with Crippen LogP contribution in [0, 0.1) is 45.3 Å². The van der Waals surface area contributed by atoms with E-state index < -0.39 is 97.3 Å². The van der Waals surface area contributed by atoms with Gasteiger partial charge in [0.05, 0.1) is 36.6 Å². The van der Waals surface area contributed by atoms with E-state index in [1.54, 1.807) is 0 Å². The van der Waals surface area contributed by atoms with Gasteiger partial charge >= 0.3 is 0 Å². The molecule has 6 rings (SSSR count). The van der Waals surface area contributed by atoms with Crippen LogP contribution >= 0.6 is 0 Å². The summed E-state index contributed by atoms with van der Waals surface area (Å²) in [6.45, 7) is 18.1. The maximum absolute atomic E-state index is 12.4. The second-order valence-corrected chi connectivity index (χ2v) is 20.2. The molecule has 0 aromatic rings. The third-order valence-corrected chi connectivity index (χ3v) is 16.6. The molecule has 0 aromatic carbocycles. The fourth-order valence-corrected chi connectivity index (χ4v) is 13.4. The Balaban J connectivity index is 1.27. The van der Waals surface area contributed by atoms with E-state index in [1.807, 2.05) is 20.8 Å². The fourth-order valence-electron chi connectivity index (χ4n) is 13.4. The lowest BCUT2D eigenvalue weighted by Crippen LogP contribution is -2.68. The van der Waals surface area contributed by atoms with Crippen LogP contribution in [0.3, 0.4) is 0 Å². The number of fused-ring (bicyclic) bond motifs is 5. The molecular weight excluding hydrogens is 712 g/mol. The molecule has 0 spiro atoms. The molecular formula is C42H72O13. The summed E-state index contributed by atoms with van der Waals surface area (Å²) in [6.07, 6.45) is -8.72. The van der Waals surface area contributed by atoms with Gasteiger partial charge in [0, 0.05) is 0 Å². The van der Waals surface area contributed by atoms with Gasteiger partial charge in [-0.1, -0.05) is 46.3 Å². The Bertz CT molecular complexity index is 1390. The molecule has 55 heavy (non-hydrogen) atoms. The topological polar surface area (TPSA) is 219 Å². The first-order chi connectivity index (χ1) is 25.5. The largest absolute Gasteiger partial charge is 0.394 e. The van der Waals surface area contributed by atoms with E-state index in [1.165, 1.54) is 6.92 Å². The summed E-state index contributed by atoms with van der Waals surface area (Å²) in [5.41, 5.74) is -1.04. The van der Waals surface area contributed by atoms with Gasteiger partial charge in [-0.15, -0.1) is 0 Å². The van der Waals surface area contributed by atoms with Crippen molar-refractivity contribution >= 4 is 0 Å². The molecule has 2 heterocycles. The van der Waals surface area contributed by atoms with Crippen LogP contribution in [-0.2, 0) is 18.9 Å². The summed E-state index contributed by atoms with van der Waals surface area (Å²) in [5, 5.41) is 99.3. The zero-order valence-electron chi connectivity index (χ0n) is 34.4. The molecule has 0 aromatic heterocycles. The van der Waals surface area contributed by atoms with Crippen LogP contribution < -0.4 is 0 Å². The van der Waals surface area contributed by atoms with Gasteiger partial charge < -0.3 is 64.9 Å². The smallest absolute Gasteiger partial charge is 0.187 e. The molecule has 0 amide bonds. The Labute approximate surface area is 327 Å². The fraction of sp³-hybridized carbons (Fsp3) is 0.952. The molecule has 318 valence electrons. The second-order valence-electron chi connectivity index (χ2n) is 20.2. The molecule has 0 radical (unpaired) electrons. The highest BCUT2D eigenvalue weighted by atomic mass is 16.7. The van der Waals surface area contributed by atoms with Crippen molar-refractivity contribution in [2.45, 2.75) is 199 Å². The minimum absolute atomic E-state index is 0.118. The SMILES string of the molecule is CC(C)=CCCC(C)(OC1OC(CO)C(OC2OC(C)C(O)C(O)C2O)C(O)C1O)C1CCC2(C)C1C(O)CC1C3(C)CC(O)C(O)C(C)(C)C3CCC12C. The number of ether oxygens (including phenoxy) is 4. The first-order valence-corrected chi connectivity index (χ1v) is 20.8. The minimum atomic E-state index is -1.67. The molecule has 9 N–H and O–H groups in total. The van der Waals surface area contributed by atoms with Crippen LogP contribution in [-0.4, -0.2) is 138 Å². The Hall–Kier alpha value is -0.780. The van der Waals surface area contributed by atoms with Crippen molar-refractivity contribution in [3.8, 4) is 0 Å². The number of allylic oxidation sites excluding steroid dienone is 2. The monoisotopic (exact) mass is 784 g/mol. The summed E-state index contributed by atoms with van der Waals surface area (Å²) in [5.74, 6) is -0.0173. The molecule has 4 saturated carbocycles. The van der Waals surface area contributed by atoms with Gasteiger partial charge in [-0.25, -0.2) is 0 Å². The van der Waals surface area contributed by atoms with Crippen molar-refractivity contribution < 1.29 is 64.9 Å². The van der Waals surface area contributed by atoms with Crippen molar-refractivity contribution in [1.29, 1.82) is 0 Å². The maximum atomic E-state index is 12.4. The molecule has 13 heteroatoms. The Morgan fingerprint density at radius 2 is 1.42 bits per heavy atom. The van der Waals surface area contributed by atoms with Gasteiger partial charge in [0.15, 0.2) is 12.6 Å². The van der Waals surface area contributed by atoms with Crippen molar-refractivity contribution in [2.24, 2.45) is 45.3 Å². The maximum Gasteiger partial charge on any atom is 0.187 e. The van der Waals surface area contributed by atoms with Crippen molar-refractivity contribution in [2.75, 3.05) is 6.61 Å². The van der Waals surface area contributed by atoms with Crippen LogP contribution in [0.2, 0.25) is 0 Å². The van der Waals surface area contributed by atoms with Crippen LogP contribution in [0.25, 0.3) is 0 Å². The summed E-state index contributed by atoms with van der Waals surface area (Å²) in [7, 11) is 0. The number of hydrogen-bond acceptors (Lipinski definition) is 13. The van der Waals surface area contributed by atoms with E-state index in [2.05, 4.69) is 40.7 Å². The third kappa shape index (κ3) is 7.00. The summed E-state index contributed by atoms with van der Waals surface area (Å²) >= 11 is 0. The minimum Gasteiger partial charge on any atom is -0.394 e. The standard InChI is InChI=1S/C42H72O13/c1-20(2)11-10-14-42(9,55-37-33(50)31(48)34(25(19-43)53-37)54-36-32(49)30(47)29(46)21(3)52-36)22-12-15-41(8)28(22)23(44)17-27-39(6)18-24(45)35(51)38(4,5)26(39)13-16-40(27,41)7/h11,21-37,43-51H,10,12-19H2,1-9H3. The van der Waals surface area contributed by atoms with E-state index in [4.69, 9.17) is 18.9 Å². The number of hydrogen-bond donors (Lipinski definition) is 9. The van der Waals surface area contributed by atoms with Crippen molar-refractivity contribution in [3.05, 3.63) is 11.6 Å². The first-order valence-electron chi connectivity index (χ1n) is 20.8. The van der Waals surface area contributed by atoms with Gasteiger partial charge in [0.25, 0.3) is 0 Å². The molecule has 6 fully saturated rings. The summed E-state index contributed by atoms with van der Waals surface area (Å²) < 4.78 is 24.5. The summed E-state index contributed by atoms with van der Waals surface area (Å²) in [6, 6.07) is 0.